The first-order valence-electron chi connectivity index (χ1n) is 10.1. The monoisotopic (exact) mass is 430 g/mol. The number of methoxy groups -OCH3 is 1. The molecule has 6 nitrogen and oxygen atoms in total. The molecule has 1 fully saturated rings. The SMILES string of the molecule is COc1cccc(-n2cccc2[C@H]2[C@@H](c3ccccn3)NC(=S)N2Cc2ccco2)c1. The van der Waals surface area contributed by atoms with Crippen molar-refractivity contribution in [3.05, 3.63) is 103 Å². The topological polar surface area (TPSA) is 55.5 Å². The van der Waals surface area contributed by atoms with Crippen LogP contribution in [0.3, 0.4) is 0 Å². The Kier molecular flexibility index (Phi) is 5.18. The van der Waals surface area contributed by atoms with Gasteiger partial charge in [-0.15, -0.1) is 0 Å². The van der Waals surface area contributed by atoms with Crippen molar-refractivity contribution in [1.29, 1.82) is 0 Å². The van der Waals surface area contributed by atoms with Gasteiger partial charge in [0.25, 0.3) is 0 Å². The highest BCUT2D eigenvalue weighted by atomic mass is 32.1. The first-order chi connectivity index (χ1) is 15.2. The van der Waals surface area contributed by atoms with Crippen molar-refractivity contribution in [3.63, 3.8) is 0 Å². The Bertz CT molecular complexity index is 1170. The minimum atomic E-state index is -0.0945. The van der Waals surface area contributed by atoms with Gasteiger partial charge in [0, 0.05) is 29.8 Å². The summed E-state index contributed by atoms with van der Waals surface area (Å²) in [5.74, 6) is 1.67. The van der Waals surface area contributed by atoms with Gasteiger partial charge in [0.1, 0.15) is 11.5 Å². The first kappa shape index (κ1) is 19.4. The van der Waals surface area contributed by atoms with Crippen LogP contribution in [-0.4, -0.2) is 26.7 Å². The highest BCUT2D eigenvalue weighted by molar-refractivity contribution is 7.80. The van der Waals surface area contributed by atoms with Gasteiger partial charge in [0.05, 0.1) is 37.7 Å². The molecule has 1 aliphatic rings. The van der Waals surface area contributed by atoms with Crippen molar-refractivity contribution in [2.24, 2.45) is 0 Å². The van der Waals surface area contributed by atoms with Crippen LogP contribution in [-0.2, 0) is 6.54 Å². The summed E-state index contributed by atoms with van der Waals surface area (Å²) in [5.41, 5.74) is 3.06. The van der Waals surface area contributed by atoms with Crippen LogP contribution in [0.1, 0.15) is 29.2 Å². The fourth-order valence-electron chi connectivity index (χ4n) is 4.10. The molecule has 0 radical (unpaired) electrons. The van der Waals surface area contributed by atoms with Gasteiger partial charge < -0.3 is 23.9 Å². The van der Waals surface area contributed by atoms with Crippen molar-refractivity contribution >= 4 is 17.3 Å². The molecule has 1 aliphatic heterocycles. The van der Waals surface area contributed by atoms with Crippen molar-refractivity contribution < 1.29 is 9.15 Å². The number of rotatable bonds is 6. The largest absolute Gasteiger partial charge is 0.497 e. The predicted molar refractivity (Wildman–Crippen MR) is 122 cm³/mol. The van der Waals surface area contributed by atoms with Gasteiger partial charge in [-0.05, 0) is 60.7 Å². The van der Waals surface area contributed by atoms with Gasteiger partial charge in [-0.1, -0.05) is 12.1 Å². The molecule has 1 aromatic carbocycles. The second-order valence-corrected chi connectivity index (χ2v) is 7.73. The molecule has 3 aromatic heterocycles. The standard InChI is InChI=1S/C24H22N4O2S/c1-29-18-8-4-7-17(15-18)27-13-5-11-21(27)23-22(20-10-2-3-12-25-20)26-24(31)28(23)16-19-9-6-14-30-19/h2-15,22-23H,16H2,1H3,(H,26,31)/t22-,23+/m1/s1. The zero-order chi connectivity index (χ0) is 21.2. The Morgan fingerprint density at radius 3 is 2.81 bits per heavy atom. The summed E-state index contributed by atoms with van der Waals surface area (Å²) in [6, 6.07) is 21.9. The third kappa shape index (κ3) is 3.68. The number of benzene rings is 1. The number of ether oxygens (including phenoxy) is 1. The van der Waals surface area contributed by atoms with E-state index in [1.807, 2.05) is 54.7 Å². The van der Waals surface area contributed by atoms with Crippen molar-refractivity contribution in [1.82, 2.24) is 19.8 Å². The van der Waals surface area contributed by atoms with E-state index >= 15 is 0 Å². The lowest BCUT2D eigenvalue weighted by molar-refractivity contribution is 0.280. The summed E-state index contributed by atoms with van der Waals surface area (Å²) in [4.78, 5) is 6.78. The van der Waals surface area contributed by atoms with Crippen LogP contribution in [0.2, 0.25) is 0 Å². The molecule has 0 aliphatic carbocycles. The number of pyridine rings is 1. The van der Waals surface area contributed by atoms with E-state index in [1.165, 1.54) is 0 Å². The van der Waals surface area contributed by atoms with Gasteiger partial charge >= 0.3 is 0 Å². The fraction of sp³-hybridized carbons (Fsp3) is 0.167. The highest BCUT2D eigenvalue weighted by Crippen LogP contribution is 2.40. The van der Waals surface area contributed by atoms with E-state index in [9.17, 15) is 0 Å². The quantitative estimate of drug-likeness (QED) is 0.450. The Labute approximate surface area is 186 Å². The lowest BCUT2D eigenvalue weighted by atomic mass is 10.0. The van der Waals surface area contributed by atoms with E-state index in [0.29, 0.717) is 11.7 Å². The number of hydrogen-bond donors (Lipinski definition) is 1. The minimum absolute atomic E-state index is 0.0753. The summed E-state index contributed by atoms with van der Waals surface area (Å²) in [7, 11) is 1.68. The Morgan fingerprint density at radius 2 is 2.03 bits per heavy atom. The van der Waals surface area contributed by atoms with E-state index in [2.05, 4.69) is 44.2 Å². The van der Waals surface area contributed by atoms with Crippen LogP contribution in [0.25, 0.3) is 5.69 Å². The Balaban J connectivity index is 1.60. The van der Waals surface area contributed by atoms with Crippen LogP contribution in [0.4, 0.5) is 0 Å². The molecule has 31 heavy (non-hydrogen) atoms. The average molecular weight is 431 g/mol. The maximum atomic E-state index is 5.76. The lowest BCUT2D eigenvalue weighted by Crippen LogP contribution is -2.29. The molecule has 2 atom stereocenters. The molecule has 4 aromatic rings. The predicted octanol–water partition coefficient (Wildman–Crippen LogP) is 4.65. The second kappa shape index (κ2) is 8.28. The zero-order valence-corrected chi connectivity index (χ0v) is 17.8. The van der Waals surface area contributed by atoms with E-state index in [1.54, 1.807) is 13.4 Å². The number of hydrogen-bond acceptors (Lipinski definition) is 4. The molecule has 5 rings (SSSR count). The number of furan rings is 1. The maximum absolute atomic E-state index is 5.76. The normalized spacial score (nSPS) is 18.2. The summed E-state index contributed by atoms with van der Waals surface area (Å²) in [6.07, 6.45) is 5.56. The Morgan fingerprint density at radius 1 is 1.10 bits per heavy atom. The van der Waals surface area contributed by atoms with Gasteiger partial charge in [-0.25, -0.2) is 0 Å². The number of nitrogens with one attached hydrogen (secondary N) is 1. The van der Waals surface area contributed by atoms with E-state index in [0.717, 1.165) is 28.6 Å². The number of nitrogens with zero attached hydrogens (tertiary/aromatic N) is 3. The molecule has 0 bridgehead atoms. The minimum Gasteiger partial charge on any atom is -0.497 e. The van der Waals surface area contributed by atoms with Crippen LogP contribution in [0.15, 0.2) is 89.8 Å². The summed E-state index contributed by atoms with van der Waals surface area (Å²) >= 11 is 5.76. The summed E-state index contributed by atoms with van der Waals surface area (Å²) in [5, 5.41) is 4.16. The van der Waals surface area contributed by atoms with Gasteiger partial charge in [-0.2, -0.15) is 0 Å². The molecular formula is C24H22N4O2S. The fourth-order valence-corrected chi connectivity index (χ4v) is 4.40. The molecule has 0 amide bonds. The van der Waals surface area contributed by atoms with Crippen LogP contribution in [0, 0.1) is 0 Å². The van der Waals surface area contributed by atoms with Gasteiger partial charge in [0.15, 0.2) is 5.11 Å². The van der Waals surface area contributed by atoms with E-state index in [4.69, 9.17) is 21.4 Å². The molecule has 0 saturated carbocycles. The third-order valence-corrected chi connectivity index (χ3v) is 5.87. The number of aromatic nitrogens is 2. The first-order valence-corrected chi connectivity index (χ1v) is 10.5. The third-order valence-electron chi connectivity index (χ3n) is 5.52. The van der Waals surface area contributed by atoms with Crippen molar-refractivity contribution in [2.45, 2.75) is 18.6 Å². The molecular weight excluding hydrogens is 408 g/mol. The van der Waals surface area contributed by atoms with Crippen LogP contribution < -0.4 is 10.1 Å². The zero-order valence-electron chi connectivity index (χ0n) is 17.0. The summed E-state index contributed by atoms with van der Waals surface area (Å²) < 4.78 is 13.2. The van der Waals surface area contributed by atoms with Crippen LogP contribution >= 0.6 is 12.2 Å². The molecule has 1 saturated heterocycles. The van der Waals surface area contributed by atoms with E-state index < -0.39 is 0 Å². The van der Waals surface area contributed by atoms with Crippen LogP contribution in [0.5, 0.6) is 5.75 Å². The summed E-state index contributed by atoms with van der Waals surface area (Å²) in [6.45, 7) is 0.566. The molecule has 7 heteroatoms. The number of thiocarbonyl (C=S) groups is 1. The second-order valence-electron chi connectivity index (χ2n) is 7.34. The van der Waals surface area contributed by atoms with Crippen molar-refractivity contribution in [2.75, 3.05) is 7.11 Å². The average Bonchev–Trinajstić information content (AvgIpc) is 3.56. The smallest absolute Gasteiger partial charge is 0.170 e. The lowest BCUT2D eigenvalue weighted by Gasteiger charge is -2.28. The molecule has 0 spiro atoms. The van der Waals surface area contributed by atoms with Gasteiger partial charge in [-0.3, -0.25) is 4.98 Å². The Hall–Kier alpha value is -3.58. The van der Waals surface area contributed by atoms with Gasteiger partial charge in [0.2, 0.25) is 0 Å². The van der Waals surface area contributed by atoms with E-state index in [-0.39, 0.29) is 12.1 Å². The van der Waals surface area contributed by atoms with Crippen molar-refractivity contribution in [3.8, 4) is 11.4 Å². The molecule has 156 valence electrons. The maximum Gasteiger partial charge on any atom is 0.170 e. The highest BCUT2D eigenvalue weighted by Gasteiger charge is 2.41. The molecule has 0 unspecified atom stereocenters. The molecule has 4 heterocycles. The molecule has 1 N–H and O–H groups in total.